The third-order valence-corrected chi connectivity index (χ3v) is 8.19. The highest BCUT2D eigenvalue weighted by Gasteiger charge is 2.27. The van der Waals surface area contributed by atoms with Gasteiger partial charge in [-0.25, -0.2) is 13.2 Å². The van der Waals surface area contributed by atoms with Gasteiger partial charge in [0, 0.05) is 16.9 Å². The smallest absolute Gasteiger partial charge is 0.387 e. The molecule has 15 heteroatoms. The van der Waals surface area contributed by atoms with Crippen LogP contribution in [0, 0.1) is 11.1 Å². The maximum Gasteiger partial charge on any atom is 0.387 e. The van der Waals surface area contributed by atoms with Gasteiger partial charge in [-0.15, -0.1) is 11.8 Å². The zero-order chi connectivity index (χ0) is 30.6. The summed E-state index contributed by atoms with van der Waals surface area (Å²) in [6.07, 6.45) is 5.65. The first-order valence-electron chi connectivity index (χ1n) is 12.5. The molecule has 4 rings (SSSR count). The number of alkyl halides is 2. The molecule has 1 atom stereocenters. The van der Waals surface area contributed by atoms with Gasteiger partial charge in [0.15, 0.2) is 23.9 Å². The van der Waals surface area contributed by atoms with E-state index < -0.39 is 28.7 Å². The van der Waals surface area contributed by atoms with E-state index >= 15 is 0 Å². The number of halogens is 4. The molecule has 9 nitrogen and oxygen atoms in total. The third-order valence-electron chi connectivity index (χ3n) is 6.15. The highest BCUT2D eigenvalue weighted by Crippen LogP contribution is 2.38. The minimum absolute atomic E-state index is 0.0189. The molecule has 1 saturated carbocycles. The van der Waals surface area contributed by atoms with Crippen LogP contribution in [0.4, 0.5) is 14.5 Å². The first kappa shape index (κ1) is 31.9. The standard InChI is InChI=1S/C27H26Cl2F2N2O7S2/c1-41-25-8-6-17(9-21(25)32-42(2,36)37)26(34)39-23(11-18-19(28)12-33(35)13-20(18)29)16-5-7-22(40-27(30)31)24(10-16)38-14-15-3-4-15/h5-10,12-13,15,23,27,32H,3-4,11,14H2,1-2H3. The van der Waals surface area contributed by atoms with Crippen LogP contribution in [0.3, 0.4) is 0 Å². The SMILES string of the molecule is CSc1ccc(C(=O)OC(Cc2c(Cl)c[n+]([O-])cc2Cl)c2ccc(OC(F)F)c(OCC3CC3)c2)cc1NS(C)(=O)=O. The third kappa shape index (κ3) is 8.76. The summed E-state index contributed by atoms with van der Waals surface area (Å²) in [6, 6.07) is 8.55. The molecule has 0 spiro atoms. The summed E-state index contributed by atoms with van der Waals surface area (Å²) in [7, 11) is -3.65. The molecule has 1 aliphatic carbocycles. The molecule has 2 aromatic carbocycles. The lowest BCUT2D eigenvalue weighted by atomic mass is 10.0. The summed E-state index contributed by atoms with van der Waals surface area (Å²) < 4.78 is 69.0. The molecule has 3 aromatic rings. The highest BCUT2D eigenvalue weighted by atomic mass is 35.5. The maximum absolute atomic E-state index is 13.4. The zero-order valence-corrected chi connectivity index (χ0v) is 25.5. The molecule has 0 radical (unpaired) electrons. The number of sulfonamides is 1. The predicted octanol–water partition coefficient (Wildman–Crippen LogP) is 6.25. The Morgan fingerprint density at radius 2 is 1.83 bits per heavy atom. The van der Waals surface area contributed by atoms with Gasteiger partial charge < -0.3 is 19.4 Å². The van der Waals surface area contributed by atoms with Crippen LogP contribution in [0.25, 0.3) is 0 Å². The molecular weight excluding hydrogens is 637 g/mol. The van der Waals surface area contributed by atoms with Crippen molar-refractivity contribution in [1.82, 2.24) is 0 Å². The van der Waals surface area contributed by atoms with Crippen LogP contribution in [0.2, 0.25) is 10.0 Å². The van der Waals surface area contributed by atoms with Gasteiger partial charge in [0.05, 0.1) is 24.1 Å². The van der Waals surface area contributed by atoms with E-state index in [1.165, 1.54) is 42.1 Å². The van der Waals surface area contributed by atoms with E-state index in [1.807, 2.05) is 0 Å². The monoisotopic (exact) mass is 662 g/mol. The van der Waals surface area contributed by atoms with E-state index in [2.05, 4.69) is 9.46 Å². The van der Waals surface area contributed by atoms with Gasteiger partial charge in [-0.2, -0.15) is 13.5 Å². The second kappa shape index (κ2) is 13.5. The van der Waals surface area contributed by atoms with Gasteiger partial charge in [0.1, 0.15) is 16.1 Å². The summed E-state index contributed by atoms with van der Waals surface area (Å²) in [6.45, 7) is -2.79. The van der Waals surface area contributed by atoms with Crippen LogP contribution in [-0.2, 0) is 21.2 Å². The van der Waals surface area contributed by atoms with Crippen molar-refractivity contribution in [3.05, 3.63) is 80.7 Å². The molecule has 1 aromatic heterocycles. The van der Waals surface area contributed by atoms with E-state index in [9.17, 15) is 27.2 Å². The van der Waals surface area contributed by atoms with Gasteiger partial charge >= 0.3 is 12.6 Å². The number of esters is 1. The largest absolute Gasteiger partial charge is 0.619 e. The van der Waals surface area contributed by atoms with Gasteiger partial charge in [0.25, 0.3) is 0 Å². The Hall–Kier alpha value is -3.00. The second-order valence-electron chi connectivity index (χ2n) is 9.52. The minimum Gasteiger partial charge on any atom is -0.619 e. The fraction of sp³-hybridized carbons (Fsp3) is 0.333. The normalized spacial score (nSPS) is 14.0. The van der Waals surface area contributed by atoms with E-state index in [1.54, 1.807) is 12.3 Å². The number of rotatable bonds is 13. The van der Waals surface area contributed by atoms with E-state index in [0.29, 0.717) is 33.3 Å². The van der Waals surface area contributed by atoms with Crippen molar-refractivity contribution in [2.24, 2.45) is 5.92 Å². The molecule has 0 aliphatic heterocycles. The fourth-order valence-corrected chi connectivity index (χ4v) is 5.74. The van der Waals surface area contributed by atoms with Gasteiger partial charge in [-0.05, 0) is 60.9 Å². The molecular formula is C27H26Cl2F2N2O7S2. The van der Waals surface area contributed by atoms with E-state index in [4.69, 9.17) is 32.7 Å². The predicted molar refractivity (Wildman–Crippen MR) is 155 cm³/mol. The number of benzene rings is 2. The molecule has 1 fully saturated rings. The number of aromatic nitrogens is 1. The number of hydrogen-bond donors (Lipinski definition) is 1. The molecule has 226 valence electrons. The summed E-state index contributed by atoms with van der Waals surface area (Å²) in [4.78, 5) is 14.0. The number of nitrogens with one attached hydrogen (secondary N) is 1. The number of anilines is 1. The Bertz CT molecular complexity index is 1550. The summed E-state index contributed by atoms with van der Waals surface area (Å²) in [5, 5.41) is 11.8. The minimum atomic E-state index is -3.65. The van der Waals surface area contributed by atoms with Crippen LogP contribution in [0.15, 0.2) is 53.7 Å². The molecule has 1 aliphatic rings. The molecule has 0 amide bonds. The van der Waals surface area contributed by atoms with Gasteiger partial charge in [0.2, 0.25) is 10.0 Å². The molecule has 1 N–H and O–H groups in total. The van der Waals surface area contributed by atoms with Gasteiger partial charge in [-0.3, -0.25) is 4.72 Å². The average molecular weight is 664 g/mol. The lowest BCUT2D eigenvalue weighted by molar-refractivity contribution is -0.605. The Balaban J connectivity index is 1.72. The molecule has 1 unspecified atom stereocenters. The van der Waals surface area contributed by atoms with Crippen LogP contribution < -0.4 is 18.9 Å². The van der Waals surface area contributed by atoms with Crippen molar-refractivity contribution in [3.63, 3.8) is 0 Å². The number of pyridine rings is 1. The second-order valence-corrected chi connectivity index (χ2v) is 12.9. The number of carbonyl (C=O) groups is 1. The van der Waals surface area contributed by atoms with Crippen molar-refractivity contribution in [2.75, 3.05) is 23.8 Å². The summed E-state index contributed by atoms with van der Waals surface area (Å²) in [5.74, 6) is -0.666. The fourth-order valence-electron chi connectivity index (χ4n) is 3.97. The van der Waals surface area contributed by atoms with Crippen LogP contribution in [0.1, 0.15) is 40.4 Å². The summed E-state index contributed by atoms with van der Waals surface area (Å²) >= 11 is 13.9. The number of thioether (sulfide) groups is 1. The van der Waals surface area contributed by atoms with Crippen molar-refractivity contribution in [3.8, 4) is 11.5 Å². The summed E-state index contributed by atoms with van der Waals surface area (Å²) in [5.41, 5.74) is 0.870. The number of nitrogens with zero attached hydrogens (tertiary/aromatic N) is 1. The first-order valence-corrected chi connectivity index (χ1v) is 16.3. The van der Waals surface area contributed by atoms with Crippen LogP contribution in [-0.4, -0.2) is 40.1 Å². The Labute approximate surface area is 255 Å². The van der Waals surface area contributed by atoms with Crippen molar-refractivity contribution < 1.29 is 40.9 Å². The Morgan fingerprint density at radius 3 is 2.43 bits per heavy atom. The van der Waals surface area contributed by atoms with E-state index in [0.717, 1.165) is 31.5 Å². The Morgan fingerprint density at radius 1 is 1.14 bits per heavy atom. The molecule has 0 saturated heterocycles. The maximum atomic E-state index is 13.4. The van der Waals surface area contributed by atoms with E-state index in [-0.39, 0.29) is 39.2 Å². The highest BCUT2D eigenvalue weighted by molar-refractivity contribution is 7.99. The van der Waals surface area contributed by atoms with Crippen molar-refractivity contribution >= 4 is 56.6 Å². The molecule has 1 heterocycles. The zero-order valence-electron chi connectivity index (χ0n) is 22.3. The lowest BCUT2D eigenvalue weighted by Gasteiger charge is -2.22. The van der Waals surface area contributed by atoms with Crippen molar-refractivity contribution in [1.29, 1.82) is 0 Å². The molecule has 0 bridgehead atoms. The lowest BCUT2D eigenvalue weighted by Crippen LogP contribution is -2.25. The Kier molecular flexibility index (Phi) is 10.3. The number of carbonyl (C=O) groups excluding carboxylic acids is 1. The van der Waals surface area contributed by atoms with Gasteiger partial charge in [-0.1, -0.05) is 29.3 Å². The quantitative estimate of drug-likeness (QED) is 0.0988. The number of ether oxygens (including phenoxy) is 3. The van der Waals surface area contributed by atoms with Crippen LogP contribution in [0.5, 0.6) is 11.5 Å². The van der Waals surface area contributed by atoms with Crippen LogP contribution >= 0.6 is 35.0 Å². The number of hydrogen-bond acceptors (Lipinski definition) is 8. The topological polar surface area (TPSA) is 118 Å². The average Bonchev–Trinajstić information content (AvgIpc) is 3.72. The first-order chi connectivity index (χ1) is 19.8. The van der Waals surface area contributed by atoms with Crippen molar-refractivity contribution in [2.45, 2.75) is 36.9 Å². The molecule has 42 heavy (non-hydrogen) atoms.